The molecular weight excluding hydrogens is 551 g/mol. The van der Waals surface area contributed by atoms with Gasteiger partial charge in [-0.15, -0.1) is 0 Å². The van der Waals surface area contributed by atoms with Gasteiger partial charge in [-0.05, 0) is 17.3 Å². The lowest BCUT2D eigenvalue weighted by Crippen LogP contribution is -2.66. The highest BCUT2D eigenvalue weighted by molar-refractivity contribution is 7.78. The van der Waals surface area contributed by atoms with E-state index in [1.807, 2.05) is 60.7 Å². The van der Waals surface area contributed by atoms with Crippen LogP contribution in [-0.2, 0) is 17.5 Å². The van der Waals surface area contributed by atoms with Gasteiger partial charge in [0.1, 0.15) is 29.2 Å². The van der Waals surface area contributed by atoms with Crippen LogP contribution in [0.25, 0.3) is 5.57 Å². The van der Waals surface area contributed by atoms with E-state index in [0.29, 0.717) is 5.75 Å². The molecule has 2 nitrogen and oxygen atoms in total. The summed E-state index contributed by atoms with van der Waals surface area (Å²) in [6.45, 7) is 2.28. The van der Waals surface area contributed by atoms with Crippen molar-refractivity contribution in [2.75, 3.05) is 5.75 Å². The first-order chi connectivity index (χ1) is 21.7. The molecule has 5 aromatic carbocycles. The minimum atomic E-state index is -0.913. The van der Waals surface area contributed by atoms with Crippen LogP contribution in [-0.4, -0.2) is 11.9 Å². The lowest BCUT2D eigenvalue weighted by atomic mass is 9.14. The van der Waals surface area contributed by atoms with E-state index in [4.69, 9.17) is 10.5 Å². The molecule has 0 heterocycles. The SMILES string of the molecule is CCCC[B-](c1ccccc1)(c1ccccc1)c1ccccc1.N#CC(C#N)=C(C[SH+]Cc1ccccc1)c1ccccc1. The van der Waals surface area contributed by atoms with Crippen molar-refractivity contribution in [3.63, 3.8) is 0 Å². The summed E-state index contributed by atoms with van der Waals surface area (Å²) < 4.78 is 0. The second-order valence-corrected chi connectivity index (χ2v) is 12.0. The third-order valence-electron chi connectivity index (χ3n) is 8.15. The molecule has 44 heavy (non-hydrogen) atoms. The van der Waals surface area contributed by atoms with Crippen molar-refractivity contribution in [2.45, 2.75) is 31.8 Å². The number of nitrogens with zero attached hydrogens (tertiary/aromatic N) is 2. The predicted octanol–water partition coefficient (Wildman–Crippen LogP) is 7.46. The molecule has 0 aliphatic carbocycles. The van der Waals surface area contributed by atoms with Crippen LogP contribution >= 0.6 is 0 Å². The summed E-state index contributed by atoms with van der Waals surface area (Å²) in [5, 5.41) is 18.3. The van der Waals surface area contributed by atoms with Crippen LogP contribution in [0.5, 0.6) is 0 Å². The summed E-state index contributed by atoms with van der Waals surface area (Å²) in [4.78, 5) is 0. The zero-order valence-electron chi connectivity index (χ0n) is 25.4. The fourth-order valence-corrected chi connectivity index (χ4v) is 7.07. The summed E-state index contributed by atoms with van der Waals surface area (Å²) in [6.07, 6.45) is 2.73. The number of unbranched alkanes of at least 4 members (excludes halogenated alkanes) is 1. The summed E-state index contributed by atoms with van der Waals surface area (Å²) in [7, 11) is 0. The van der Waals surface area contributed by atoms with Crippen LogP contribution in [0.3, 0.4) is 0 Å². The van der Waals surface area contributed by atoms with Gasteiger partial charge in [-0.2, -0.15) is 33.2 Å². The van der Waals surface area contributed by atoms with Gasteiger partial charge >= 0.3 is 0 Å². The van der Waals surface area contributed by atoms with Crippen LogP contribution in [0.4, 0.5) is 0 Å². The molecule has 0 aromatic heterocycles. The standard InChI is InChI=1S/C22H24B.C18H14N2S/c1-2-3-19-23(20-13-7-4-8-14-20,21-15-9-5-10-16-21)22-17-11-6-12-18-22;19-11-17(12-20)18(16-9-5-2-6-10-16)14-21-13-15-7-3-1-4-8-15/h4-18H,2-3,19H2,1H3;1-10H,13-14H2/q-1;/p+1. The van der Waals surface area contributed by atoms with Crippen molar-refractivity contribution >= 4 is 39.9 Å². The molecule has 0 saturated heterocycles. The van der Waals surface area contributed by atoms with E-state index in [9.17, 15) is 0 Å². The van der Waals surface area contributed by atoms with Gasteiger partial charge < -0.3 is 0 Å². The Balaban J connectivity index is 0.000000202. The number of hydrogen-bond acceptors (Lipinski definition) is 2. The Labute approximate surface area is 267 Å². The molecule has 0 radical (unpaired) electrons. The molecule has 0 unspecified atom stereocenters. The van der Waals surface area contributed by atoms with E-state index in [0.717, 1.165) is 16.9 Å². The normalized spacial score (nSPS) is 10.4. The Morgan fingerprint density at radius 1 is 0.591 bits per heavy atom. The van der Waals surface area contributed by atoms with Crippen molar-refractivity contribution in [3.05, 3.63) is 168 Å². The van der Waals surface area contributed by atoms with Crippen LogP contribution in [0.15, 0.2) is 157 Å². The number of rotatable bonds is 11. The van der Waals surface area contributed by atoms with E-state index >= 15 is 0 Å². The minimum absolute atomic E-state index is 0.210. The van der Waals surface area contributed by atoms with Crippen LogP contribution in [0, 0.1) is 22.7 Å². The molecule has 5 aromatic rings. The molecule has 0 fully saturated rings. The van der Waals surface area contributed by atoms with Crippen LogP contribution in [0.2, 0.25) is 6.32 Å². The molecule has 0 aliphatic heterocycles. The lowest BCUT2D eigenvalue weighted by Gasteiger charge is -2.43. The number of nitriles is 2. The molecule has 0 N–H and O–H groups in total. The summed E-state index contributed by atoms with van der Waals surface area (Å²) >= 11 is 1.18. The van der Waals surface area contributed by atoms with Crippen molar-refractivity contribution < 1.29 is 0 Å². The molecule has 4 heteroatoms. The Hall–Kier alpha value is -4.77. The molecule has 0 amide bonds. The monoisotopic (exact) mass is 590 g/mol. The first kappa shape index (κ1) is 32.2. The van der Waals surface area contributed by atoms with Crippen LogP contribution < -0.4 is 16.4 Å². The second kappa shape index (κ2) is 17.4. The Kier molecular flexibility index (Phi) is 12.7. The van der Waals surface area contributed by atoms with E-state index in [-0.39, 0.29) is 5.57 Å². The first-order valence-electron chi connectivity index (χ1n) is 15.3. The molecule has 0 saturated carbocycles. The molecule has 0 atom stereocenters. The molecular formula is C40H39BN2S. The van der Waals surface area contributed by atoms with Crippen molar-refractivity contribution in [1.29, 1.82) is 10.5 Å². The maximum atomic E-state index is 9.14. The van der Waals surface area contributed by atoms with Gasteiger partial charge in [0.05, 0.1) is 6.15 Å². The zero-order valence-corrected chi connectivity index (χ0v) is 26.3. The quantitative estimate of drug-likeness (QED) is 0.0694. The van der Waals surface area contributed by atoms with Gasteiger partial charge in [0.25, 0.3) is 0 Å². The number of allylic oxidation sites excluding steroid dienone is 1. The Morgan fingerprint density at radius 2 is 1.00 bits per heavy atom. The highest BCUT2D eigenvalue weighted by Crippen LogP contribution is 2.20. The number of thiol groups is 1. The van der Waals surface area contributed by atoms with Crippen molar-refractivity contribution in [1.82, 2.24) is 0 Å². The predicted molar refractivity (Wildman–Crippen MR) is 192 cm³/mol. The van der Waals surface area contributed by atoms with Gasteiger partial charge in [0, 0.05) is 11.1 Å². The average molecular weight is 591 g/mol. The van der Waals surface area contributed by atoms with Gasteiger partial charge in [0.15, 0.2) is 0 Å². The molecule has 218 valence electrons. The molecule has 0 spiro atoms. The largest absolute Gasteiger partial charge is 0.200 e. The average Bonchev–Trinajstić information content (AvgIpc) is 3.11. The van der Waals surface area contributed by atoms with Crippen molar-refractivity contribution in [3.8, 4) is 12.1 Å². The summed E-state index contributed by atoms with van der Waals surface area (Å²) in [5.74, 6) is 1.62. The maximum Gasteiger partial charge on any atom is 0.138 e. The van der Waals surface area contributed by atoms with E-state index < -0.39 is 6.15 Å². The minimum Gasteiger partial charge on any atom is -0.200 e. The fraction of sp³-hybridized carbons (Fsp3) is 0.150. The highest BCUT2D eigenvalue weighted by atomic mass is 32.2. The van der Waals surface area contributed by atoms with E-state index in [2.05, 4.69) is 110 Å². The first-order valence-corrected chi connectivity index (χ1v) is 16.6. The second-order valence-electron chi connectivity index (χ2n) is 10.9. The highest BCUT2D eigenvalue weighted by Gasteiger charge is 2.28. The van der Waals surface area contributed by atoms with Gasteiger partial charge in [0.2, 0.25) is 0 Å². The third-order valence-corrected chi connectivity index (χ3v) is 9.28. The Morgan fingerprint density at radius 3 is 1.41 bits per heavy atom. The topological polar surface area (TPSA) is 47.6 Å². The smallest absolute Gasteiger partial charge is 0.138 e. The summed E-state index contributed by atoms with van der Waals surface area (Å²) in [5.41, 5.74) is 7.59. The lowest BCUT2D eigenvalue weighted by molar-refractivity contribution is 0.874. The Bertz CT molecular complexity index is 1550. The molecule has 5 rings (SSSR count). The zero-order chi connectivity index (χ0) is 30.9. The fourth-order valence-electron chi connectivity index (χ4n) is 5.93. The number of hydrogen-bond donors (Lipinski definition) is 0. The van der Waals surface area contributed by atoms with E-state index in [1.54, 1.807) is 0 Å². The van der Waals surface area contributed by atoms with Gasteiger partial charge in [-0.1, -0.05) is 171 Å². The molecule has 0 aliphatic rings. The number of benzene rings is 5. The van der Waals surface area contributed by atoms with Gasteiger partial charge in [-0.25, -0.2) is 0 Å². The van der Waals surface area contributed by atoms with Crippen molar-refractivity contribution in [2.24, 2.45) is 0 Å². The van der Waals surface area contributed by atoms with Crippen LogP contribution in [0.1, 0.15) is 30.9 Å². The third kappa shape index (κ3) is 8.41. The van der Waals surface area contributed by atoms with Gasteiger partial charge in [-0.3, -0.25) is 0 Å². The molecule has 0 bridgehead atoms. The van der Waals surface area contributed by atoms with E-state index in [1.165, 1.54) is 52.9 Å². The summed E-state index contributed by atoms with van der Waals surface area (Å²) in [6, 6.07) is 57.1. The maximum absolute atomic E-state index is 9.14.